The molecule has 0 aliphatic heterocycles. The van der Waals surface area contributed by atoms with Crippen molar-refractivity contribution < 1.29 is 4.74 Å². The van der Waals surface area contributed by atoms with Crippen LogP contribution in [0.4, 0.5) is 0 Å². The van der Waals surface area contributed by atoms with Crippen molar-refractivity contribution in [1.82, 2.24) is 4.90 Å². The molecule has 0 atom stereocenters. The van der Waals surface area contributed by atoms with Crippen LogP contribution in [0.1, 0.15) is 13.8 Å². The maximum Gasteiger partial charge on any atom is 0.0637 e. The first-order valence-electron chi connectivity index (χ1n) is 4.63. The molecular weight excluding hydrogens is 174 g/mol. The van der Waals surface area contributed by atoms with Crippen molar-refractivity contribution in [2.24, 2.45) is 0 Å². The summed E-state index contributed by atoms with van der Waals surface area (Å²) in [7, 11) is 3.74. The molecule has 0 aromatic rings. The molecule has 0 saturated carbocycles. The van der Waals surface area contributed by atoms with Gasteiger partial charge in [-0.15, -0.1) is 6.42 Å². The molecule has 14 heavy (non-hydrogen) atoms. The zero-order chi connectivity index (χ0) is 11.0. The minimum atomic E-state index is 0.736. The third kappa shape index (κ3) is 5.45. The number of rotatable bonds is 5. The van der Waals surface area contributed by atoms with Crippen molar-refractivity contribution >= 4 is 0 Å². The average Bonchev–Trinajstić information content (AvgIpc) is 2.21. The van der Waals surface area contributed by atoms with Crippen molar-refractivity contribution in [3.63, 3.8) is 0 Å². The topological polar surface area (TPSA) is 12.5 Å². The van der Waals surface area contributed by atoms with Gasteiger partial charge >= 0.3 is 0 Å². The van der Waals surface area contributed by atoms with Gasteiger partial charge in [-0.05, 0) is 31.6 Å². The maximum absolute atomic E-state index is 5.23. The molecule has 0 spiro atoms. The Bertz CT molecular complexity index is 258. The van der Waals surface area contributed by atoms with Gasteiger partial charge in [0, 0.05) is 26.4 Å². The Hall–Kier alpha value is -1.20. The van der Waals surface area contributed by atoms with Crippen LogP contribution in [0.3, 0.4) is 0 Å². The fourth-order valence-electron chi connectivity index (χ4n) is 0.826. The molecule has 0 aromatic heterocycles. The summed E-state index contributed by atoms with van der Waals surface area (Å²) in [4.78, 5) is 2.13. The predicted octanol–water partition coefficient (Wildman–Crippen LogP) is 2.05. The molecule has 2 nitrogen and oxygen atoms in total. The number of hydrogen-bond donors (Lipinski definition) is 0. The van der Waals surface area contributed by atoms with E-state index in [0.717, 1.165) is 18.7 Å². The molecular formula is C12H19NO. The molecule has 0 aromatic carbocycles. The van der Waals surface area contributed by atoms with Crippen LogP contribution in [0.15, 0.2) is 23.4 Å². The molecule has 0 aliphatic carbocycles. The number of hydrogen-bond acceptors (Lipinski definition) is 2. The zero-order valence-electron chi connectivity index (χ0n) is 9.50. The lowest BCUT2D eigenvalue weighted by molar-refractivity contribution is 0.174. The second-order valence-electron chi connectivity index (χ2n) is 3.22. The largest absolute Gasteiger partial charge is 0.383 e. The normalized spacial score (nSPS) is 12.5. The van der Waals surface area contributed by atoms with Crippen LogP contribution in [0, 0.1) is 12.3 Å². The summed E-state index contributed by atoms with van der Waals surface area (Å²) in [5, 5.41) is 0. The number of nitrogens with zero attached hydrogens (tertiary/aromatic N) is 1. The van der Waals surface area contributed by atoms with Crippen molar-refractivity contribution in [2.45, 2.75) is 13.8 Å². The van der Waals surface area contributed by atoms with E-state index in [-0.39, 0.29) is 0 Å². The van der Waals surface area contributed by atoms with Gasteiger partial charge in [-0.3, -0.25) is 0 Å². The minimum Gasteiger partial charge on any atom is -0.383 e. The first kappa shape index (κ1) is 12.8. The highest BCUT2D eigenvalue weighted by molar-refractivity contribution is 5.27. The lowest BCUT2D eigenvalue weighted by Crippen LogP contribution is -2.20. The zero-order valence-corrected chi connectivity index (χ0v) is 9.50. The van der Waals surface area contributed by atoms with Crippen molar-refractivity contribution in [3.05, 3.63) is 23.4 Å². The summed E-state index contributed by atoms with van der Waals surface area (Å²) in [6.45, 7) is 5.59. The molecule has 2 heteroatoms. The summed E-state index contributed by atoms with van der Waals surface area (Å²) < 4.78 is 4.99. The lowest BCUT2D eigenvalue weighted by Gasteiger charge is -2.18. The van der Waals surface area contributed by atoms with E-state index in [0.29, 0.717) is 0 Å². The SMILES string of the molecule is C#C/C(C)=C/C=C(\C)N(C)CCOC. The number of methoxy groups -OCH3 is 1. The van der Waals surface area contributed by atoms with E-state index in [4.69, 9.17) is 11.2 Å². The molecule has 78 valence electrons. The van der Waals surface area contributed by atoms with E-state index in [2.05, 4.69) is 17.7 Å². The molecule has 0 bridgehead atoms. The predicted molar refractivity (Wildman–Crippen MR) is 60.9 cm³/mol. The van der Waals surface area contributed by atoms with Gasteiger partial charge in [-0.1, -0.05) is 5.92 Å². The van der Waals surface area contributed by atoms with Gasteiger partial charge in [0.05, 0.1) is 6.61 Å². The summed E-state index contributed by atoms with van der Waals surface area (Å²) in [5.74, 6) is 2.58. The fraction of sp³-hybridized carbons (Fsp3) is 0.500. The molecule has 0 saturated heterocycles. The molecule has 0 amide bonds. The van der Waals surface area contributed by atoms with Crippen LogP contribution in [-0.4, -0.2) is 32.2 Å². The fourth-order valence-corrected chi connectivity index (χ4v) is 0.826. The molecule has 0 rings (SSSR count). The first-order valence-corrected chi connectivity index (χ1v) is 4.63. The lowest BCUT2D eigenvalue weighted by atomic mass is 10.2. The maximum atomic E-state index is 5.23. The molecule has 0 N–H and O–H groups in total. The summed E-state index contributed by atoms with van der Waals surface area (Å²) in [6.07, 6.45) is 9.20. The van der Waals surface area contributed by atoms with Gasteiger partial charge < -0.3 is 9.64 Å². The Morgan fingerprint density at radius 3 is 2.57 bits per heavy atom. The van der Waals surface area contributed by atoms with Crippen molar-refractivity contribution in [2.75, 3.05) is 27.3 Å². The van der Waals surface area contributed by atoms with Crippen LogP contribution in [0.2, 0.25) is 0 Å². The molecule has 0 unspecified atom stereocenters. The summed E-state index contributed by atoms with van der Waals surface area (Å²) in [5.41, 5.74) is 2.11. The van der Waals surface area contributed by atoms with Gasteiger partial charge in [0.1, 0.15) is 0 Å². The Kier molecular flexibility index (Phi) is 6.61. The van der Waals surface area contributed by atoms with E-state index in [1.54, 1.807) is 7.11 Å². The average molecular weight is 193 g/mol. The smallest absolute Gasteiger partial charge is 0.0637 e. The van der Waals surface area contributed by atoms with E-state index in [1.165, 1.54) is 5.70 Å². The molecule has 0 aliphatic rings. The number of terminal acetylenes is 1. The standard InChI is InChI=1S/C12H19NO/c1-6-11(2)7-8-12(3)13(4)9-10-14-5/h1,7-8H,9-10H2,2-5H3/b11-7+,12-8+. The Morgan fingerprint density at radius 1 is 1.43 bits per heavy atom. The van der Waals surface area contributed by atoms with Gasteiger partial charge in [0.25, 0.3) is 0 Å². The van der Waals surface area contributed by atoms with E-state index >= 15 is 0 Å². The van der Waals surface area contributed by atoms with Gasteiger partial charge in [0.2, 0.25) is 0 Å². The summed E-state index contributed by atoms with van der Waals surface area (Å²) in [6, 6.07) is 0. The van der Waals surface area contributed by atoms with Gasteiger partial charge in [-0.25, -0.2) is 0 Å². The van der Waals surface area contributed by atoms with Crippen LogP contribution >= 0.6 is 0 Å². The summed E-state index contributed by atoms with van der Waals surface area (Å²) >= 11 is 0. The quantitative estimate of drug-likeness (QED) is 0.489. The number of allylic oxidation sites excluding steroid dienone is 4. The second kappa shape index (κ2) is 7.23. The first-order chi connectivity index (χ1) is 6.61. The molecule has 0 radical (unpaired) electrons. The van der Waals surface area contributed by atoms with E-state index in [9.17, 15) is 0 Å². The van der Waals surface area contributed by atoms with E-state index < -0.39 is 0 Å². The van der Waals surface area contributed by atoms with Crippen LogP contribution in [0.25, 0.3) is 0 Å². The molecule has 0 fully saturated rings. The highest BCUT2D eigenvalue weighted by atomic mass is 16.5. The van der Waals surface area contributed by atoms with Crippen LogP contribution in [-0.2, 0) is 4.74 Å². The Balaban J connectivity index is 4.17. The van der Waals surface area contributed by atoms with E-state index in [1.807, 2.05) is 26.1 Å². The second-order valence-corrected chi connectivity index (χ2v) is 3.22. The Morgan fingerprint density at radius 2 is 2.07 bits per heavy atom. The third-order valence-electron chi connectivity index (χ3n) is 2.04. The van der Waals surface area contributed by atoms with Gasteiger partial charge in [0.15, 0.2) is 0 Å². The van der Waals surface area contributed by atoms with Crippen LogP contribution in [0.5, 0.6) is 0 Å². The minimum absolute atomic E-state index is 0.736. The van der Waals surface area contributed by atoms with Crippen molar-refractivity contribution in [3.8, 4) is 12.3 Å². The van der Waals surface area contributed by atoms with Crippen LogP contribution < -0.4 is 0 Å². The molecule has 0 heterocycles. The monoisotopic (exact) mass is 193 g/mol. The third-order valence-corrected chi connectivity index (χ3v) is 2.04. The van der Waals surface area contributed by atoms with Gasteiger partial charge in [-0.2, -0.15) is 0 Å². The Labute approximate surface area is 87.2 Å². The highest BCUT2D eigenvalue weighted by Crippen LogP contribution is 2.01. The number of ether oxygens (including phenoxy) is 1. The highest BCUT2D eigenvalue weighted by Gasteiger charge is 1.96. The van der Waals surface area contributed by atoms with Crippen molar-refractivity contribution in [1.29, 1.82) is 0 Å². The number of likely N-dealkylation sites (N-methyl/N-ethyl adjacent to an activating group) is 1.